The van der Waals surface area contributed by atoms with Gasteiger partial charge in [0, 0.05) is 42.8 Å². The molecule has 104 valence electrons. The standard InChI is InChI=1S/C14H17N5S/c1-3-13(11-19-6-2-4-15-19)17(5-1)9-12-10-18-7-8-20-14(18)16-12/h2,4,6-8,10,13H,1,3,5,9,11H2/t13-/m0/s1. The molecule has 0 radical (unpaired) electrons. The zero-order chi connectivity index (χ0) is 13.4. The highest BCUT2D eigenvalue weighted by atomic mass is 32.1. The van der Waals surface area contributed by atoms with Crippen LogP contribution in [0, 0.1) is 0 Å². The van der Waals surface area contributed by atoms with Crippen LogP contribution in [-0.2, 0) is 13.1 Å². The van der Waals surface area contributed by atoms with Crippen LogP contribution in [0.1, 0.15) is 18.5 Å². The van der Waals surface area contributed by atoms with Gasteiger partial charge in [0.2, 0.25) is 0 Å². The lowest BCUT2D eigenvalue weighted by molar-refractivity contribution is 0.217. The van der Waals surface area contributed by atoms with E-state index in [2.05, 4.69) is 37.2 Å². The highest BCUT2D eigenvalue weighted by Gasteiger charge is 2.25. The molecule has 0 saturated carbocycles. The molecule has 0 aliphatic carbocycles. The molecule has 4 heterocycles. The van der Waals surface area contributed by atoms with Crippen molar-refractivity contribution in [3.63, 3.8) is 0 Å². The number of rotatable bonds is 4. The summed E-state index contributed by atoms with van der Waals surface area (Å²) in [7, 11) is 0. The monoisotopic (exact) mass is 287 g/mol. The number of hydrogen-bond acceptors (Lipinski definition) is 4. The van der Waals surface area contributed by atoms with Crippen molar-refractivity contribution in [1.82, 2.24) is 24.1 Å². The van der Waals surface area contributed by atoms with Crippen molar-refractivity contribution >= 4 is 16.3 Å². The van der Waals surface area contributed by atoms with E-state index in [-0.39, 0.29) is 0 Å². The van der Waals surface area contributed by atoms with Crippen molar-refractivity contribution in [2.24, 2.45) is 0 Å². The first-order valence-corrected chi connectivity index (χ1v) is 7.89. The molecule has 1 aliphatic heterocycles. The predicted octanol–water partition coefficient (Wildman–Crippen LogP) is 2.26. The average Bonchev–Trinajstić information content (AvgIpc) is 3.16. The van der Waals surface area contributed by atoms with E-state index in [4.69, 9.17) is 0 Å². The Hall–Kier alpha value is -1.66. The fourth-order valence-electron chi connectivity index (χ4n) is 2.99. The third-order valence-electron chi connectivity index (χ3n) is 3.96. The molecule has 0 N–H and O–H groups in total. The minimum atomic E-state index is 0.578. The molecule has 5 nitrogen and oxygen atoms in total. The molecule has 6 heteroatoms. The highest BCUT2D eigenvalue weighted by Crippen LogP contribution is 2.22. The summed E-state index contributed by atoms with van der Waals surface area (Å²) in [5, 5.41) is 6.39. The van der Waals surface area contributed by atoms with Crippen LogP contribution < -0.4 is 0 Å². The van der Waals surface area contributed by atoms with Gasteiger partial charge in [0.05, 0.1) is 12.2 Å². The van der Waals surface area contributed by atoms with Gasteiger partial charge in [-0.3, -0.25) is 14.0 Å². The Morgan fingerprint density at radius 1 is 1.35 bits per heavy atom. The number of imidazole rings is 1. The average molecular weight is 287 g/mol. The largest absolute Gasteiger partial charge is 0.297 e. The van der Waals surface area contributed by atoms with E-state index in [1.807, 2.05) is 23.1 Å². The number of aromatic nitrogens is 4. The Kier molecular flexibility index (Phi) is 3.05. The normalized spacial score (nSPS) is 20.1. The fourth-order valence-corrected chi connectivity index (χ4v) is 3.71. The Labute approximate surface area is 121 Å². The van der Waals surface area contributed by atoms with Crippen LogP contribution in [0.4, 0.5) is 0 Å². The van der Waals surface area contributed by atoms with E-state index in [1.165, 1.54) is 18.5 Å². The van der Waals surface area contributed by atoms with Crippen LogP contribution in [0.25, 0.3) is 4.96 Å². The molecule has 0 aromatic carbocycles. The van der Waals surface area contributed by atoms with E-state index < -0.39 is 0 Å². The molecule has 0 amide bonds. The van der Waals surface area contributed by atoms with Gasteiger partial charge in [-0.2, -0.15) is 5.10 Å². The third-order valence-corrected chi connectivity index (χ3v) is 4.74. The minimum absolute atomic E-state index is 0.578. The molecule has 4 rings (SSSR count). The van der Waals surface area contributed by atoms with Crippen LogP contribution in [0.15, 0.2) is 36.2 Å². The first-order chi connectivity index (χ1) is 9.88. The van der Waals surface area contributed by atoms with Crippen LogP contribution >= 0.6 is 11.3 Å². The van der Waals surface area contributed by atoms with E-state index in [9.17, 15) is 0 Å². The zero-order valence-electron chi connectivity index (χ0n) is 11.2. The minimum Gasteiger partial charge on any atom is -0.297 e. The summed E-state index contributed by atoms with van der Waals surface area (Å²) in [6, 6.07) is 2.57. The number of fused-ring (bicyclic) bond motifs is 1. The summed E-state index contributed by atoms with van der Waals surface area (Å²) >= 11 is 1.69. The van der Waals surface area contributed by atoms with Gasteiger partial charge in [-0.25, -0.2) is 4.98 Å². The number of nitrogens with zero attached hydrogens (tertiary/aromatic N) is 5. The number of likely N-dealkylation sites (tertiary alicyclic amines) is 1. The Bertz CT molecular complexity index is 655. The molecule has 1 saturated heterocycles. The van der Waals surface area contributed by atoms with E-state index >= 15 is 0 Å². The second-order valence-corrected chi connectivity index (χ2v) is 6.19. The van der Waals surface area contributed by atoms with Crippen molar-refractivity contribution in [2.75, 3.05) is 6.54 Å². The summed E-state index contributed by atoms with van der Waals surface area (Å²) in [6.45, 7) is 3.09. The van der Waals surface area contributed by atoms with Gasteiger partial charge in [0.15, 0.2) is 4.96 Å². The van der Waals surface area contributed by atoms with Crippen molar-refractivity contribution in [3.8, 4) is 0 Å². The smallest absolute Gasteiger partial charge is 0.193 e. The second-order valence-electron chi connectivity index (χ2n) is 5.32. The van der Waals surface area contributed by atoms with E-state index in [0.717, 1.165) is 24.6 Å². The van der Waals surface area contributed by atoms with Gasteiger partial charge in [0.1, 0.15) is 0 Å². The number of thiazole rings is 1. The molecule has 1 aliphatic rings. The van der Waals surface area contributed by atoms with Crippen molar-refractivity contribution in [3.05, 3.63) is 41.9 Å². The first-order valence-electron chi connectivity index (χ1n) is 7.01. The lowest BCUT2D eigenvalue weighted by Crippen LogP contribution is -2.32. The van der Waals surface area contributed by atoms with Crippen LogP contribution in [0.3, 0.4) is 0 Å². The SMILES string of the molecule is c1cnn(C[C@@H]2CCCN2Cc2cn3ccsc3n2)c1. The second kappa shape index (κ2) is 5.03. The number of hydrogen-bond donors (Lipinski definition) is 0. The summed E-state index contributed by atoms with van der Waals surface area (Å²) in [5.41, 5.74) is 1.17. The van der Waals surface area contributed by atoms with Gasteiger partial charge >= 0.3 is 0 Å². The molecule has 0 unspecified atom stereocenters. The Balaban J connectivity index is 1.48. The van der Waals surface area contributed by atoms with Crippen molar-refractivity contribution in [1.29, 1.82) is 0 Å². The van der Waals surface area contributed by atoms with E-state index in [1.54, 1.807) is 11.3 Å². The summed E-state index contributed by atoms with van der Waals surface area (Å²) in [5.74, 6) is 0. The quantitative estimate of drug-likeness (QED) is 0.739. The van der Waals surface area contributed by atoms with Crippen LogP contribution in [0.2, 0.25) is 0 Å². The Morgan fingerprint density at radius 2 is 2.35 bits per heavy atom. The maximum atomic E-state index is 4.69. The molecule has 3 aromatic heterocycles. The van der Waals surface area contributed by atoms with Crippen LogP contribution in [-0.4, -0.2) is 36.7 Å². The van der Waals surface area contributed by atoms with Gasteiger partial charge in [-0.05, 0) is 25.5 Å². The summed E-state index contributed by atoms with van der Waals surface area (Å²) in [6.07, 6.45) is 10.6. The maximum absolute atomic E-state index is 4.69. The molecule has 0 bridgehead atoms. The summed E-state index contributed by atoms with van der Waals surface area (Å²) in [4.78, 5) is 8.31. The molecule has 0 spiro atoms. The van der Waals surface area contributed by atoms with Crippen LogP contribution in [0.5, 0.6) is 0 Å². The third kappa shape index (κ3) is 2.25. The molecule has 1 atom stereocenters. The lowest BCUT2D eigenvalue weighted by Gasteiger charge is -2.23. The van der Waals surface area contributed by atoms with Gasteiger partial charge < -0.3 is 0 Å². The van der Waals surface area contributed by atoms with Crippen molar-refractivity contribution < 1.29 is 0 Å². The topological polar surface area (TPSA) is 38.4 Å². The van der Waals surface area contributed by atoms with Gasteiger partial charge in [-0.15, -0.1) is 11.3 Å². The maximum Gasteiger partial charge on any atom is 0.193 e. The Morgan fingerprint density at radius 3 is 3.20 bits per heavy atom. The summed E-state index contributed by atoms with van der Waals surface area (Å²) < 4.78 is 4.15. The van der Waals surface area contributed by atoms with Gasteiger partial charge in [0.25, 0.3) is 0 Å². The fraction of sp³-hybridized carbons (Fsp3) is 0.429. The predicted molar refractivity (Wildman–Crippen MR) is 78.7 cm³/mol. The van der Waals surface area contributed by atoms with Crippen molar-refractivity contribution in [2.45, 2.75) is 32.0 Å². The first kappa shape index (κ1) is 12.1. The lowest BCUT2D eigenvalue weighted by atomic mass is 10.2. The zero-order valence-corrected chi connectivity index (χ0v) is 12.0. The highest BCUT2D eigenvalue weighted by molar-refractivity contribution is 7.15. The molecule has 1 fully saturated rings. The molecular weight excluding hydrogens is 270 g/mol. The van der Waals surface area contributed by atoms with Gasteiger partial charge in [-0.1, -0.05) is 0 Å². The molecular formula is C14H17N5S. The van der Waals surface area contributed by atoms with E-state index in [0.29, 0.717) is 6.04 Å². The molecule has 20 heavy (non-hydrogen) atoms. The molecule has 3 aromatic rings.